The van der Waals surface area contributed by atoms with Crippen LogP contribution in [0, 0.1) is 17.5 Å². The first-order valence-electron chi connectivity index (χ1n) is 8.98. The second kappa shape index (κ2) is 8.72. The molecule has 0 aliphatic carbocycles. The highest BCUT2D eigenvalue weighted by molar-refractivity contribution is 6.07. The number of carbonyl (C=O) groups is 2. The Bertz CT molecular complexity index is 1070. The van der Waals surface area contributed by atoms with Crippen LogP contribution in [-0.4, -0.2) is 34.8 Å². The van der Waals surface area contributed by atoms with Crippen LogP contribution in [0.3, 0.4) is 0 Å². The second-order valence-electron chi connectivity index (χ2n) is 6.37. The average molecular weight is 401 g/mol. The van der Waals surface area contributed by atoms with E-state index in [1.54, 1.807) is 30.3 Å². The fourth-order valence-corrected chi connectivity index (χ4v) is 2.96. The highest BCUT2D eigenvalue weighted by Crippen LogP contribution is 2.21. The van der Waals surface area contributed by atoms with E-state index in [4.69, 9.17) is 0 Å². The number of nitrogens with zero attached hydrogens (tertiary/aromatic N) is 2. The molecule has 1 aromatic heterocycles. The molecule has 29 heavy (non-hydrogen) atoms. The van der Waals surface area contributed by atoms with E-state index in [0.29, 0.717) is 29.0 Å². The van der Waals surface area contributed by atoms with Crippen LogP contribution in [0.2, 0.25) is 0 Å². The number of rotatable bonds is 6. The molecular formula is C21H18F3N3O2. The lowest BCUT2D eigenvalue weighted by Gasteiger charge is -2.22. The Labute approximate surface area is 165 Å². The molecule has 2 amide bonds. The molecule has 0 aliphatic rings. The van der Waals surface area contributed by atoms with Crippen molar-refractivity contribution in [2.24, 2.45) is 0 Å². The van der Waals surface area contributed by atoms with Gasteiger partial charge in [-0.25, -0.2) is 13.2 Å². The zero-order chi connectivity index (χ0) is 21.0. The van der Waals surface area contributed by atoms with Crippen LogP contribution in [0.15, 0.2) is 48.7 Å². The summed E-state index contributed by atoms with van der Waals surface area (Å²) in [7, 11) is 0. The van der Waals surface area contributed by atoms with Gasteiger partial charge >= 0.3 is 0 Å². The van der Waals surface area contributed by atoms with Crippen LogP contribution in [0.4, 0.5) is 18.9 Å². The van der Waals surface area contributed by atoms with Crippen molar-refractivity contribution >= 4 is 28.4 Å². The van der Waals surface area contributed by atoms with Crippen molar-refractivity contribution in [2.45, 2.75) is 13.3 Å². The molecule has 0 saturated carbocycles. The van der Waals surface area contributed by atoms with Crippen molar-refractivity contribution < 1.29 is 22.8 Å². The lowest BCUT2D eigenvalue weighted by molar-refractivity contribution is -0.116. The minimum atomic E-state index is -1.67. The van der Waals surface area contributed by atoms with Gasteiger partial charge in [-0.2, -0.15) is 0 Å². The van der Waals surface area contributed by atoms with Crippen LogP contribution in [-0.2, 0) is 4.79 Å². The molecule has 0 radical (unpaired) electrons. The smallest absolute Gasteiger partial charge is 0.255 e. The summed E-state index contributed by atoms with van der Waals surface area (Å²) in [6.45, 7) is 1.75. The minimum absolute atomic E-state index is 0.281. The summed E-state index contributed by atoms with van der Waals surface area (Å²) in [6.07, 6.45) is 2.10. The molecule has 0 atom stereocenters. The van der Waals surface area contributed by atoms with E-state index in [0.717, 1.165) is 6.07 Å². The van der Waals surface area contributed by atoms with Gasteiger partial charge in [0.2, 0.25) is 5.91 Å². The van der Waals surface area contributed by atoms with E-state index in [1.807, 2.05) is 6.92 Å². The van der Waals surface area contributed by atoms with E-state index in [9.17, 15) is 22.8 Å². The first-order chi connectivity index (χ1) is 13.9. The Morgan fingerprint density at radius 3 is 2.55 bits per heavy atom. The second-order valence-corrected chi connectivity index (χ2v) is 6.37. The molecule has 0 spiro atoms. The molecule has 0 fully saturated rings. The third kappa shape index (κ3) is 4.37. The number of carbonyl (C=O) groups excluding carboxylic acids is 2. The first kappa shape index (κ1) is 20.3. The van der Waals surface area contributed by atoms with Crippen LogP contribution in [0.1, 0.15) is 23.7 Å². The summed E-state index contributed by atoms with van der Waals surface area (Å²) in [5.74, 6) is -5.63. The summed E-state index contributed by atoms with van der Waals surface area (Å²) in [5.41, 5.74) is 0.533. The quantitative estimate of drug-likeness (QED) is 0.632. The largest absolute Gasteiger partial charge is 0.329 e. The van der Waals surface area contributed by atoms with E-state index < -0.39 is 29.0 Å². The van der Waals surface area contributed by atoms with Crippen LogP contribution in [0.5, 0.6) is 0 Å². The van der Waals surface area contributed by atoms with E-state index in [2.05, 4.69) is 10.3 Å². The van der Waals surface area contributed by atoms with Crippen LogP contribution >= 0.6 is 0 Å². The lowest BCUT2D eigenvalue weighted by atomic mass is 10.1. The Morgan fingerprint density at radius 1 is 1.03 bits per heavy atom. The zero-order valence-corrected chi connectivity index (χ0v) is 15.6. The van der Waals surface area contributed by atoms with Crippen LogP contribution in [0.25, 0.3) is 10.9 Å². The van der Waals surface area contributed by atoms with Gasteiger partial charge in [-0.1, -0.05) is 25.1 Å². The molecule has 8 heteroatoms. The van der Waals surface area contributed by atoms with Crippen molar-refractivity contribution in [1.82, 2.24) is 9.88 Å². The number of halogens is 3. The first-order valence-corrected chi connectivity index (χ1v) is 8.98. The minimum Gasteiger partial charge on any atom is -0.329 e. The molecule has 3 rings (SSSR count). The van der Waals surface area contributed by atoms with Gasteiger partial charge in [0.1, 0.15) is 6.54 Å². The highest BCUT2D eigenvalue weighted by Gasteiger charge is 2.22. The van der Waals surface area contributed by atoms with E-state index in [-0.39, 0.29) is 19.0 Å². The maximum Gasteiger partial charge on any atom is 0.255 e. The van der Waals surface area contributed by atoms with Gasteiger partial charge in [0.15, 0.2) is 17.5 Å². The number of fused-ring (bicyclic) bond motifs is 1. The number of aromatic nitrogens is 1. The molecule has 0 unspecified atom stereocenters. The summed E-state index contributed by atoms with van der Waals surface area (Å²) in [6, 6.07) is 10.3. The number of amides is 2. The normalized spacial score (nSPS) is 10.8. The summed E-state index contributed by atoms with van der Waals surface area (Å²) >= 11 is 0. The van der Waals surface area contributed by atoms with Crippen molar-refractivity contribution in [2.75, 3.05) is 18.4 Å². The topological polar surface area (TPSA) is 62.3 Å². The molecule has 1 heterocycles. The highest BCUT2D eigenvalue weighted by atomic mass is 19.2. The lowest BCUT2D eigenvalue weighted by Crippen LogP contribution is -2.38. The van der Waals surface area contributed by atoms with Gasteiger partial charge in [-0.05, 0) is 30.7 Å². The Hall–Kier alpha value is -3.42. The Morgan fingerprint density at radius 2 is 1.79 bits per heavy atom. The van der Waals surface area contributed by atoms with Gasteiger partial charge < -0.3 is 10.2 Å². The molecule has 3 aromatic rings. The van der Waals surface area contributed by atoms with Crippen LogP contribution < -0.4 is 5.32 Å². The van der Waals surface area contributed by atoms with Gasteiger partial charge in [0, 0.05) is 18.1 Å². The molecule has 0 saturated heterocycles. The monoisotopic (exact) mass is 401 g/mol. The average Bonchev–Trinajstić information content (AvgIpc) is 2.73. The Balaban J connectivity index is 1.82. The van der Waals surface area contributed by atoms with E-state index >= 15 is 0 Å². The van der Waals surface area contributed by atoms with Gasteiger partial charge in [-0.15, -0.1) is 0 Å². The fourth-order valence-electron chi connectivity index (χ4n) is 2.96. The number of hydrogen-bond donors (Lipinski definition) is 1. The summed E-state index contributed by atoms with van der Waals surface area (Å²) in [4.78, 5) is 30.9. The molecule has 0 bridgehead atoms. The molecular weight excluding hydrogens is 383 g/mol. The van der Waals surface area contributed by atoms with Crippen molar-refractivity contribution in [3.8, 4) is 0 Å². The number of pyridine rings is 1. The maximum atomic E-state index is 13.8. The standard InChI is InChI=1S/C21H18F3N3O2/c1-2-11-27(12-18(28)26-17-8-7-15(22)19(23)20(17)24)21(29)14-9-10-25-16-6-4-3-5-13(14)16/h3-10H,2,11-12H2,1H3,(H,26,28). The van der Waals surface area contributed by atoms with Crippen molar-refractivity contribution in [3.63, 3.8) is 0 Å². The Kier molecular flexibility index (Phi) is 6.11. The van der Waals surface area contributed by atoms with Crippen molar-refractivity contribution in [1.29, 1.82) is 0 Å². The molecule has 150 valence electrons. The third-order valence-corrected chi connectivity index (χ3v) is 4.30. The van der Waals surface area contributed by atoms with Gasteiger partial charge in [0.25, 0.3) is 5.91 Å². The van der Waals surface area contributed by atoms with Crippen molar-refractivity contribution in [3.05, 3.63) is 71.7 Å². The number of benzene rings is 2. The molecule has 5 nitrogen and oxygen atoms in total. The number of para-hydroxylation sites is 1. The predicted molar refractivity (Wildman–Crippen MR) is 103 cm³/mol. The SMILES string of the molecule is CCCN(CC(=O)Nc1ccc(F)c(F)c1F)C(=O)c1ccnc2ccccc12. The third-order valence-electron chi connectivity index (χ3n) is 4.30. The summed E-state index contributed by atoms with van der Waals surface area (Å²) in [5, 5.41) is 2.83. The zero-order valence-electron chi connectivity index (χ0n) is 15.6. The number of anilines is 1. The molecule has 0 aliphatic heterocycles. The van der Waals surface area contributed by atoms with Gasteiger partial charge in [-0.3, -0.25) is 14.6 Å². The number of hydrogen-bond acceptors (Lipinski definition) is 3. The number of nitrogens with one attached hydrogen (secondary N) is 1. The van der Waals surface area contributed by atoms with E-state index in [1.165, 1.54) is 11.1 Å². The predicted octanol–water partition coefficient (Wildman–Crippen LogP) is 4.14. The molecule has 2 aromatic carbocycles. The summed E-state index contributed by atoms with van der Waals surface area (Å²) < 4.78 is 40.2. The van der Waals surface area contributed by atoms with Gasteiger partial charge in [0.05, 0.1) is 16.8 Å². The fraction of sp³-hybridized carbons (Fsp3) is 0.190. The molecule has 1 N–H and O–H groups in total. The maximum absolute atomic E-state index is 13.8.